The number of carbonyl (C=O) groups is 2. The number of aromatic nitrogens is 1. The molecule has 2 heterocycles. The number of aryl methyl sites for hydroxylation is 1. The number of carbonyl (C=O) groups excluding carboxylic acids is 2. The first-order valence-electron chi connectivity index (χ1n) is 8.59. The highest BCUT2D eigenvalue weighted by atomic mass is 32.1. The number of anilines is 2. The van der Waals surface area contributed by atoms with Crippen molar-refractivity contribution in [1.82, 2.24) is 10.3 Å². The van der Waals surface area contributed by atoms with Gasteiger partial charge < -0.3 is 16.0 Å². The van der Waals surface area contributed by atoms with Gasteiger partial charge >= 0.3 is 6.03 Å². The minimum atomic E-state index is -0.198. The number of amides is 3. The Balaban J connectivity index is 1.40. The Bertz CT molecular complexity index is 960. The van der Waals surface area contributed by atoms with E-state index in [0.717, 1.165) is 28.4 Å². The molecule has 138 valence electrons. The lowest BCUT2D eigenvalue weighted by Gasteiger charge is -2.08. The summed E-state index contributed by atoms with van der Waals surface area (Å²) < 4.78 is 0. The van der Waals surface area contributed by atoms with Crippen LogP contribution in [0.4, 0.5) is 16.2 Å². The van der Waals surface area contributed by atoms with Crippen molar-refractivity contribution in [3.8, 4) is 9.88 Å². The van der Waals surface area contributed by atoms with Gasteiger partial charge in [0.2, 0.25) is 0 Å². The smallest absolute Gasteiger partial charge is 0.319 e. The average molecular weight is 399 g/mol. The largest absolute Gasteiger partial charge is 0.335 e. The van der Waals surface area contributed by atoms with E-state index in [2.05, 4.69) is 20.9 Å². The van der Waals surface area contributed by atoms with Gasteiger partial charge in [-0.15, -0.1) is 22.7 Å². The van der Waals surface area contributed by atoms with Crippen LogP contribution in [0, 0.1) is 6.92 Å². The molecule has 0 radical (unpaired) electrons. The van der Waals surface area contributed by atoms with Gasteiger partial charge in [0, 0.05) is 17.4 Å². The molecule has 1 aliphatic carbocycles. The Labute approximate surface area is 164 Å². The number of nitrogens with zero attached hydrogens (tertiary/aromatic N) is 1. The van der Waals surface area contributed by atoms with E-state index in [4.69, 9.17) is 0 Å². The van der Waals surface area contributed by atoms with Crippen LogP contribution in [0.2, 0.25) is 0 Å². The molecule has 3 N–H and O–H groups in total. The highest BCUT2D eigenvalue weighted by Crippen LogP contribution is 2.31. The number of rotatable bonds is 5. The molecule has 1 fully saturated rings. The highest BCUT2D eigenvalue weighted by Gasteiger charge is 2.23. The zero-order valence-corrected chi connectivity index (χ0v) is 16.2. The number of thiophene rings is 1. The normalized spacial score (nSPS) is 13.2. The molecule has 0 unspecified atom stereocenters. The van der Waals surface area contributed by atoms with Crippen LogP contribution >= 0.6 is 22.7 Å². The molecule has 6 nitrogen and oxygen atoms in total. The van der Waals surface area contributed by atoms with Crippen LogP contribution in [-0.2, 0) is 0 Å². The summed E-state index contributed by atoms with van der Waals surface area (Å²) in [7, 11) is 0. The molecule has 0 atom stereocenters. The lowest BCUT2D eigenvalue weighted by atomic mass is 10.2. The second-order valence-corrected chi connectivity index (χ2v) is 8.26. The van der Waals surface area contributed by atoms with Gasteiger partial charge in [-0.05, 0) is 55.5 Å². The van der Waals surface area contributed by atoms with Crippen molar-refractivity contribution < 1.29 is 9.59 Å². The van der Waals surface area contributed by atoms with E-state index in [9.17, 15) is 9.59 Å². The van der Waals surface area contributed by atoms with E-state index in [1.807, 2.05) is 24.4 Å². The minimum absolute atomic E-state index is 0.181. The van der Waals surface area contributed by atoms with Crippen molar-refractivity contribution in [1.29, 1.82) is 0 Å². The summed E-state index contributed by atoms with van der Waals surface area (Å²) in [5, 5.41) is 11.4. The standard InChI is InChI=1S/C19H18N4O2S2/c1-11-16(27-18(20-11)15-3-2-10-26-15)17(24)21-12-4-6-13(7-5-12)22-19(25)23-14-8-9-14/h2-7,10,14H,8-9H2,1H3,(H,21,24)(H2,22,23,25). The van der Waals surface area contributed by atoms with E-state index in [0.29, 0.717) is 22.3 Å². The summed E-state index contributed by atoms with van der Waals surface area (Å²) in [6, 6.07) is 11.1. The number of urea groups is 1. The predicted molar refractivity (Wildman–Crippen MR) is 110 cm³/mol. The van der Waals surface area contributed by atoms with Gasteiger partial charge in [0.1, 0.15) is 9.88 Å². The predicted octanol–water partition coefficient (Wildman–Crippen LogP) is 4.72. The van der Waals surface area contributed by atoms with Gasteiger partial charge in [0.15, 0.2) is 0 Å². The third-order valence-corrected chi connectivity index (χ3v) is 6.24. The SMILES string of the molecule is Cc1nc(-c2cccs2)sc1C(=O)Nc1ccc(NC(=O)NC2CC2)cc1. The fraction of sp³-hybridized carbons (Fsp3) is 0.211. The van der Waals surface area contributed by atoms with E-state index in [1.165, 1.54) is 11.3 Å². The Morgan fingerprint density at radius 3 is 2.41 bits per heavy atom. The molecule has 8 heteroatoms. The number of benzene rings is 1. The van der Waals surface area contributed by atoms with Gasteiger partial charge in [0.05, 0.1) is 10.6 Å². The Morgan fingerprint density at radius 1 is 1.07 bits per heavy atom. The van der Waals surface area contributed by atoms with Gasteiger partial charge in [-0.25, -0.2) is 9.78 Å². The van der Waals surface area contributed by atoms with Crippen molar-refractivity contribution in [2.45, 2.75) is 25.8 Å². The first kappa shape index (κ1) is 17.7. The van der Waals surface area contributed by atoms with Crippen molar-refractivity contribution >= 4 is 46.0 Å². The summed E-state index contributed by atoms with van der Waals surface area (Å²) in [6.45, 7) is 1.84. The average Bonchev–Trinajstić information content (AvgIpc) is 3.13. The third-order valence-electron chi connectivity index (χ3n) is 4.05. The molecule has 2 aromatic heterocycles. The second-order valence-electron chi connectivity index (χ2n) is 6.32. The topological polar surface area (TPSA) is 83.1 Å². The molecule has 0 saturated heterocycles. The van der Waals surface area contributed by atoms with Gasteiger partial charge in [-0.2, -0.15) is 0 Å². The molecule has 3 amide bonds. The molecule has 27 heavy (non-hydrogen) atoms. The van der Waals surface area contributed by atoms with E-state index in [1.54, 1.807) is 35.6 Å². The first-order chi connectivity index (χ1) is 13.1. The first-order valence-corrected chi connectivity index (χ1v) is 10.3. The molecule has 4 rings (SSSR count). The number of nitrogens with one attached hydrogen (secondary N) is 3. The number of thiazole rings is 1. The third kappa shape index (κ3) is 4.35. The molecular formula is C19H18N4O2S2. The summed E-state index contributed by atoms with van der Waals surface area (Å²) in [6.07, 6.45) is 2.09. The number of hydrogen-bond acceptors (Lipinski definition) is 5. The maximum absolute atomic E-state index is 12.6. The molecule has 0 bridgehead atoms. The summed E-state index contributed by atoms with van der Waals surface area (Å²) in [5.74, 6) is -0.181. The summed E-state index contributed by atoms with van der Waals surface area (Å²) >= 11 is 2.99. The van der Waals surface area contributed by atoms with Crippen LogP contribution in [-0.4, -0.2) is 23.0 Å². The summed E-state index contributed by atoms with van der Waals surface area (Å²) in [5.41, 5.74) is 2.06. The van der Waals surface area contributed by atoms with Crippen molar-refractivity contribution in [3.63, 3.8) is 0 Å². The van der Waals surface area contributed by atoms with Gasteiger partial charge in [-0.1, -0.05) is 6.07 Å². The van der Waals surface area contributed by atoms with E-state index < -0.39 is 0 Å². The molecule has 1 saturated carbocycles. The lowest BCUT2D eigenvalue weighted by Crippen LogP contribution is -2.30. The van der Waals surface area contributed by atoms with Crippen LogP contribution in [0.15, 0.2) is 41.8 Å². The van der Waals surface area contributed by atoms with E-state index >= 15 is 0 Å². The second kappa shape index (κ2) is 7.50. The maximum Gasteiger partial charge on any atom is 0.319 e. The fourth-order valence-corrected chi connectivity index (χ4v) is 4.28. The van der Waals surface area contributed by atoms with Crippen LogP contribution in [0.5, 0.6) is 0 Å². The van der Waals surface area contributed by atoms with Crippen LogP contribution in [0.1, 0.15) is 28.2 Å². The van der Waals surface area contributed by atoms with Gasteiger partial charge in [0.25, 0.3) is 5.91 Å². The Morgan fingerprint density at radius 2 is 1.78 bits per heavy atom. The van der Waals surface area contributed by atoms with Crippen molar-refractivity contribution in [3.05, 3.63) is 52.3 Å². The van der Waals surface area contributed by atoms with Crippen molar-refractivity contribution in [2.24, 2.45) is 0 Å². The molecule has 0 aliphatic heterocycles. The quantitative estimate of drug-likeness (QED) is 0.582. The van der Waals surface area contributed by atoms with E-state index in [-0.39, 0.29) is 11.9 Å². The number of hydrogen-bond donors (Lipinski definition) is 3. The van der Waals surface area contributed by atoms with Gasteiger partial charge in [-0.3, -0.25) is 4.79 Å². The maximum atomic E-state index is 12.6. The Hall–Kier alpha value is -2.71. The molecule has 3 aromatic rings. The highest BCUT2D eigenvalue weighted by molar-refractivity contribution is 7.22. The molecule has 0 spiro atoms. The minimum Gasteiger partial charge on any atom is -0.335 e. The van der Waals surface area contributed by atoms with Crippen molar-refractivity contribution in [2.75, 3.05) is 10.6 Å². The monoisotopic (exact) mass is 398 g/mol. The van der Waals surface area contributed by atoms with Crippen LogP contribution in [0.3, 0.4) is 0 Å². The fourth-order valence-electron chi connectivity index (χ4n) is 2.52. The lowest BCUT2D eigenvalue weighted by molar-refractivity contribution is 0.103. The van der Waals surface area contributed by atoms with Crippen LogP contribution in [0.25, 0.3) is 9.88 Å². The zero-order valence-electron chi connectivity index (χ0n) is 14.6. The molecule has 1 aliphatic rings. The Kier molecular flexibility index (Phi) is 4.91. The summed E-state index contributed by atoms with van der Waals surface area (Å²) in [4.78, 5) is 30.5. The zero-order chi connectivity index (χ0) is 18.8. The molecular weight excluding hydrogens is 380 g/mol. The van der Waals surface area contributed by atoms with Crippen LogP contribution < -0.4 is 16.0 Å². The molecule has 1 aromatic carbocycles.